The van der Waals surface area contributed by atoms with Crippen LogP contribution in [0.3, 0.4) is 0 Å². The van der Waals surface area contributed by atoms with E-state index in [0.717, 1.165) is 5.67 Å². The summed E-state index contributed by atoms with van der Waals surface area (Å²) in [4.78, 5) is 0. The van der Waals surface area contributed by atoms with Gasteiger partial charge < -0.3 is 8.85 Å². The molecule has 0 aliphatic rings. The minimum Gasteiger partial charge on any atom is -0.411 e. The van der Waals surface area contributed by atoms with E-state index in [9.17, 15) is 0 Å². The van der Waals surface area contributed by atoms with Gasteiger partial charge in [-0.1, -0.05) is 121 Å². The van der Waals surface area contributed by atoms with Crippen LogP contribution in [-0.2, 0) is 20.1 Å². The Balaban J connectivity index is 1.45. The Kier molecular flexibility index (Phi) is 7.73. The lowest BCUT2D eigenvalue weighted by Crippen LogP contribution is -2.32. The van der Waals surface area contributed by atoms with Crippen LogP contribution in [0.4, 0.5) is 0 Å². The van der Waals surface area contributed by atoms with Crippen LogP contribution < -0.4 is 0 Å². The maximum atomic E-state index is 6.72. The van der Waals surface area contributed by atoms with Crippen molar-refractivity contribution in [3.05, 3.63) is 144 Å². The van der Waals surface area contributed by atoms with E-state index >= 15 is 0 Å². The van der Waals surface area contributed by atoms with Gasteiger partial charge in [0.15, 0.2) is 19.5 Å². The molecule has 0 amide bonds. The number of benzene rings is 4. The summed E-state index contributed by atoms with van der Waals surface area (Å²) >= 11 is 0. The molecule has 0 unspecified atom stereocenters. The molecule has 0 saturated heterocycles. The Bertz CT molecular complexity index is 933. The van der Waals surface area contributed by atoms with Crippen LogP contribution in [0.2, 0.25) is 5.67 Å². The van der Waals surface area contributed by atoms with Crippen LogP contribution in [0.5, 0.6) is 0 Å². The van der Waals surface area contributed by atoms with Gasteiger partial charge in [-0.3, -0.25) is 0 Å². The second-order valence-electron chi connectivity index (χ2n) is 8.58. The van der Waals surface area contributed by atoms with E-state index < -0.39 is 30.7 Å². The lowest BCUT2D eigenvalue weighted by molar-refractivity contribution is 0.133. The van der Waals surface area contributed by atoms with Crippen molar-refractivity contribution in [1.82, 2.24) is 0 Å². The second-order valence-corrected chi connectivity index (χ2v) is 12.8. The summed E-state index contributed by atoms with van der Waals surface area (Å²) in [7, 11) is -1.54. The molecule has 168 valence electrons. The first-order valence-electron chi connectivity index (χ1n) is 11.6. The normalized spacial score (nSPS) is 12.7. The summed E-state index contributed by atoms with van der Waals surface area (Å²) in [6.45, 7) is 4.40. The van der Waals surface area contributed by atoms with Gasteiger partial charge in [-0.15, -0.1) is 0 Å². The summed E-state index contributed by atoms with van der Waals surface area (Å²) in [5.41, 5.74) is 5.02. The highest BCUT2D eigenvalue weighted by Crippen LogP contribution is 2.34. The maximum Gasteiger partial charge on any atom is 0.162 e. The fourth-order valence-electron chi connectivity index (χ4n) is 4.30. The first kappa shape index (κ1) is 23.4. The Morgan fingerprint density at radius 1 is 0.455 bits per heavy atom. The van der Waals surface area contributed by atoms with E-state index in [4.69, 9.17) is 8.85 Å². The lowest BCUT2D eigenvalue weighted by atomic mass is 9.88. The van der Waals surface area contributed by atoms with Gasteiger partial charge in [0.2, 0.25) is 0 Å². The van der Waals surface area contributed by atoms with Gasteiger partial charge in [0, 0.05) is 0 Å². The molecule has 0 aliphatic heterocycles. The Morgan fingerprint density at radius 3 is 0.939 bits per heavy atom. The van der Waals surface area contributed by atoms with Gasteiger partial charge in [0.25, 0.3) is 0 Å². The molecule has 4 heteroatoms. The third kappa shape index (κ3) is 5.42. The lowest BCUT2D eigenvalue weighted by Gasteiger charge is -2.33. The highest BCUT2D eigenvalue weighted by Gasteiger charge is 2.31. The summed E-state index contributed by atoms with van der Waals surface area (Å²) < 4.78 is 13.4. The molecule has 0 saturated carbocycles. The molecule has 0 fully saturated rings. The van der Waals surface area contributed by atoms with Crippen molar-refractivity contribution >= 4 is 19.5 Å². The van der Waals surface area contributed by atoms with Crippen molar-refractivity contribution in [3.63, 3.8) is 0 Å². The first-order chi connectivity index (χ1) is 16.1. The van der Waals surface area contributed by atoms with E-state index in [1.54, 1.807) is 0 Å². The van der Waals surface area contributed by atoms with Gasteiger partial charge in [0.1, 0.15) is 11.2 Å². The first-order valence-corrected chi connectivity index (χ1v) is 14.8. The molecule has 0 radical (unpaired) electrons. The smallest absolute Gasteiger partial charge is 0.162 e. The molecular formula is C29H32O2Si2. The van der Waals surface area contributed by atoms with Crippen LogP contribution in [0, 0.1) is 0 Å². The van der Waals surface area contributed by atoms with E-state index in [1.807, 2.05) is 0 Å². The number of hydrogen-bond donors (Lipinski definition) is 0. The van der Waals surface area contributed by atoms with Crippen LogP contribution in [0.1, 0.15) is 36.1 Å². The largest absolute Gasteiger partial charge is 0.411 e. The van der Waals surface area contributed by atoms with Crippen molar-refractivity contribution in [1.29, 1.82) is 0 Å². The quantitative estimate of drug-likeness (QED) is 0.226. The third-order valence-electron chi connectivity index (χ3n) is 6.37. The topological polar surface area (TPSA) is 18.5 Å². The van der Waals surface area contributed by atoms with Gasteiger partial charge in [-0.05, 0) is 41.8 Å². The SMILES string of the molecule is CC(O[SiH2]C[SiH2]OC(C)(c1ccccc1)c1ccccc1)(c1ccccc1)c1ccccc1. The van der Waals surface area contributed by atoms with Crippen LogP contribution in [0.25, 0.3) is 0 Å². The van der Waals surface area contributed by atoms with Crippen molar-refractivity contribution in [2.75, 3.05) is 0 Å². The summed E-state index contributed by atoms with van der Waals surface area (Å²) in [5.74, 6) is 0. The summed E-state index contributed by atoms with van der Waals surface area (Å²) in [6, 6.07) is 42.2. The molecule has 33 heavy (non-hydrogen) atoms. The van der Waals surface area contributed by atoms with E-state index in [2.05, 4.69) is 135 Å². The standard InChI is InChI=1S/C29H32O2Si2/c1-28(24-15-7-3-8-16-24,25-17-9-4-10-18-25)30-32-23-33-31-29(2,26-19-11-5-12-20-26)27-21-13-6-14-22-27/h3-22H,23,32-33H2,1-2H3. The van der Waals surface area contributed by atoms with Crippen molar-refractivity contribution < 1.29 is 8.85 Å². The molecule has 0 N–H and O–H groups in total. The average Bonchev–Trinajstić information content (AvgIpc) is 2.90. The molecule has 4 aromatic rings. The van der Waals surface area contributed by atoms with Gasteiger partial charge in [0.05, 0.1) is 0 Å². The molecule has 4 aromatic carbocycles. The molecular weight excluding hydrogens is 436 g/mol. The Morgan fingerprint density at radius 2 is 0.697 bits per heavy atom. The number of rotatable bonds is 10. The van der Waals surface area contributed by atoms with Gasteiger partial charge >= 0.3 is 0 Å². The van der Waals surface area contributed by atoms with Crippen molar-refractivity contribution in [2.24, 2.45) is 0 Å². The van der Waals surface area contributed by atoms with Crippen LogP contribution >= 0.6 is 0 Å². The summed E-state index contributed by atoms with van der Waals surface area (Å²) in [6.07, 6.45) is 0. The van der Waals surface area contributed by atoms with E-state index in [-0.39, 0.29) is 0 Å². The molecule has 4 rings (SSSR count). The predicted molar refractivity (Wildman–Crippen MR) is 143 cm³/mol. The highest BCUT2D eigenvalue weighted by molar-refractivity contribution is 6.48. The van der Waals surface area contributed by atoms with Gasteiger partial charge in [-0.25, -0.2) is 0 Å². The molecule has 2 nitrogen and oxygen atoms in total. The van der Waals surface area contributed by atoms with Crippen molar-refractivity contribution in [3.8, 4) is 0 Å². The molecule has 0 aliphatic carbocycles. The Hall–Kier alpha value is -2.77. The van der Waals surface area contributed by atoms with Crippen LogP contribution in [-0.4, -0.2) is 19.5 Å². The molecule has 0 bridgehead atoms. The fourth-order valence-corrected chi connectivity index (χ4v) is 7.41. The van der Waals surface area contributed by atoms with Gasteiger partial charge in [-0.2, -0.15) is 0 Å². The van der Waals surface area contributed by atoms with Crippen LogP contribution in [0.15, 0.2) is 121 Å². The Labute approximate surface area is 202 Å². The average molecular weight is 469 g/mol. The third-order valence-corrected chi connectivity index (χ3v) is 10.2. The van der Waals surface area contributed by atoms with Crippen molar-refractivity contribution in [2.45, 2.75) is 30.7 Å². The monoisotopic (exact) mass is 468 g/mol. The summed E-state index contributed by atoms with van der Waals surface area (Å²) in [5, 5.41) is 0. The zero-order chi connectivity index (χ0) is 23.0. The zero-order valence-corrected chi connectivity index (χ0v) is 22.3. The second kappa shape index (κ2) is 10.9. The molecule has 0 spiro atoms. The highest BCUT2D eigenvalue weighted by atomic mass is 28.3. The maximum absolute atomic E-state index is 6.72. The molecule has 0 atom stereocenters. The minimum atomic E-state index is -0.772. The van der Waals surface area contributed by atoms with E-state index in [0.29, 0.717) is 0 Å². The zero-order valence-electron chi connectivity index (χ0n) is 19.5. The minimum absolute atomic E-state index is 0.425. The number of hydrogen-bond acceptors (Lipinski definition) is 2. The fraction of sp³-hybridized carbons (Fsp3) is 0.172. The van der Waals surface area contributed by atoms with E-state index in [1.165, 1.54) is 22.3 Å². The molecule has 0 aromatic heterocycles. The molecule has 0 heterocycles. The predicted octanol–water partition coefficient (Wildman–Crippen LogP) is 5.49.